The van der Waals surface area contributed by atoms with Crippen LogP contribution in [0, 0.1) is 0 Å². The van der Waals surface area contributed by atoms with Crippen LogP contribution < -0.4 is 4.90 Å². The smallest absolute Gasteiger partial charge is 0.115 e. The molecule has 1 heterocycles. The number of para-hydroxylation sites is 1. The molecule has 0 spiro atoms. The fourth-order valence-corrected chi connectivity index (χ4v) is 1.07. The number of nitrogens with zero attached hydrogens (tertiary/aromatic N) is 2. The Hall–Kier alpha value is -2.03. The van der Waals surface area contributed by atoms with E-state index in [1.54, 1.807) is 36.7 Å². The Bertz CT molecular complexity index is 387. The summed E-state index contributed by atoms with van der Waals surface area (Å²) in [5.41, 5.74) is 1.19. The third-order valence-corrected chi connectivity index (χ3v) is 1.94. The maximum Gasteiger partial charge on any atom is 0.115 e. The van der Waals surface area contributed by atoms with Crippen molar-refractivity contribution in [3.8, 4) is 5.75 Å². The van der Waals surface area contributed by atoms with Gasteiger partial charge in [-0.1, -0.05) is 18.2 Å². The third-order valence-electron chi connectivity index (χ3n) is 1.94. The first kappa shape index (κ1) is 12.0. The van der Waals surface area contributed by atoms with Gasteiger partial charge in [-0.2, -0.15) is 0 Å². The molecule has 16 heavy (non-hydrogen) atoms. The van der Waals surface area contributed by atoms with Crippen LogP contribution in [0.15, 0.2) is 54.9 Å². The van der Waals surface area contributed by atoms with Gasteiger partial charge in [0, 0.05) is 32.2 Å². The van der Waals surface area contributed by atoms with Crippen LogP contribution in [0.2, 0.25) is 0 Å². The monoisotopic (exact) mass is 216 g/mol. The maximum atomic E-state index is 8.63. The fraction of sp³-hybridized carbons (Fsp3) is 0.154. The largest absolute Gasteiger partial charge is 0.508 e. The van der Waals surface area contributed by atoms with E-state index in [1.807, 2.05) is 37.2 Å². The first-order chi connectivity index (χ1) is 7.70. The van der Waals surface area contributed by atoms with Gasteiger partial charge < -0.3 is 10.0 Å². The van der Waals surface area contributed by atoms with Crippen LogP contribution >= 0.6 is 0 Å². The number of hydrogen-bond donors (Lipinski definition) is 1. The molecular weight excluding hydrogens is 200 g/mol. The van der Waals surface area contributed by atoms with Crippen LogP contribution in [0.1, 0.15) is 0 Å². The van der Waals surface area contributed by atoms with Gasteiger partial charge in [0.05, 0.1) is 0 Å². The molecular formula is C13H16N2O. The van der Waals surface area contributed by atoms with Crippen molar-refractivity contribution in [2.45, 2.75) is 0 Å². The molecule has 0 saturated heterocycles. The van der Waals surface area contributed by atoms with Crippen LogP contribution in [0.25, 0.3) is 0 Å². The van der Waals surface area contributed by atoms with E-state index in [1.165, 1.54) is 5.69 Å². The van der Waals surface area contributed by atoms with E-state index >= 15 is 0 Å². The summed E-state index contributed by atoms with van der Waals surface area (Å²) in [7, 11) is 4.02. The molecule has 3 nitrogen and oxygen atoms in total. The van der Waals surface area contributed by atoms with Crippen molar-refractivity contribution in [1.29, 1.82) is 0 Å². The highest BCUT2D eigenvalue weighted by Crippen LogP contribution is 2.05. The number of pyridine rings is 1. The summed E-state index contributed by atoms with van der Waals surface area (Å²) >= 11 is 0. The molecule has 1 aromatic heterocycles. The summed E-state index contributed by atoms with van der Waals surface area (Å²) in [4.78, 5) is 5.94. The number of aromatic hydroxyl groups is 1. The molecule has 84 valence electrons. The zero-order valence-corrected chi connectivity index (χ0v) is 9.54. The number of rotatable bonds is 1. The topological polar surface area (TPSA) is 36.4 Å². The predicted octanol–water partition coefficient (Wildman–Crippen LogP) is 2.54. The number of phenols is 1. The highest BCUT2D eigenvalue weighted by molar-refractivity contribution is 5.42. The van der Waals surface area contributed by atoms with E-state index in [0.717, 1.165) is 0 Å². The van der Waals surface area contributed by atoms with E-state index in [2.05, 4.69) is 4.98 Å². The summed E-state index contributed by atoms with van der Waals surface area (Å²) < 4.78 is 0. The normalized spacial score (nSPS) is 8.88. The van der Waals surface area contributed by atoms with Crippen LogP contribution in [-0.4, -0.2) is 24.2 Å². The Balaban J connectivity index is 0.000000165. The third kappa shape index (κ3) is 4.46. The van der Waals surface area contributed by atoms with Crippen molar-refractivity contribution >= 4 is 5.69 Å². The van der Waals surface area contributed by atoms with Gasteiger partial charge in [-0.15, -0.1) is 0 Å². The summed E-state index contributed by atoms with van der Waals surface area (Å²) in [6.07, 6.45) is 3.57. The van der Waals surface area contributed by atoms with E-state index in [0.29, 0.717) is 5.75 Å². The summed E-state index contributed by atoms with van der Waals surface area (Å²) in [6, 6.07) is 12.7. The van der Waals surface area contributed by atoms with Crippen molar-refractivity contribution in [3.63, 3.8) is 0 Å². The molecule has 1 aromatic carbocycles. The highest BCUT2D eigenvalue weighted by Gasteiger charge is 1.88. The molecule has 0 aliphatic rings. The number of aromatic nitrogens is 1. The van der Waals surface area contributed by atoms with Crippen molar-refractivity contribution in [2.75, 3.05) is 19.0 Å². The SMILES string of the molecule is CN(C)c1ccncc1.Oc1ccccc1. The molecule has 0 radical (unpaired) electrons. The first-order valence-corrected chi connectivity index (χ1v) is 5.01. The summed E-state index contributed by atoms with van der Waals surface area (Å²) in [5, 5.41) is 8.63. The number of benzene rings is 1. The lowest BCUT2D eigenvalue weighted by Crippen LogP contribution is -2.07. The molecule has 0 amide bonds. The van der Waals surface area contributed by atoms with Crippen LogP contribution in [0.3, 0.4) is 0 Å². The summed E-state index contributed by atoms with van der Waals surface area (Å²) in [6.45, 7) is 0. The van der Waals surface area contributed by atoms with Crippen molar-refractivity contribution in [3.05, 3.63) is 54.9 Å². The van der Waals surface area contributed by atoms with Gasteiger partial charge in [-0.25, -0.2) is 0 Å². The molecule has 2 aromatic rings. The van der Waals surface area contributed by atoms with Gasteiger partial charge in [0.1, 0.15) is 5.75 Å². The molecule has 0 bridgehead atoms. The van der Waals surface area contributed by atoms with Crippen molar-refractivity contribution in [1.82, 2.24) is 4.98 Å². The van der Waals surface area contributed by atoms with Crippen LogP contribution in [-0.2, 0) is 0 Å². The Morgan fingerprint density at radius 2 is 1.50 bits per heavy atom. The average molecular weight is 216 g/mol. The molecule has 0 saturated carbocycles. The van der Waals surface area contributed by atoms with Gasteiger partial charge in [0.25, 0.3) is 0 Å². The Morgan fingerprint density at radius 1 is 0.938 bits per heavy atom. The average Bonchev–Trinajstić information content (AvgIpc) is 2.32. The molecule has 1 N–H and O–H groups in total. The Morgan fingerprint density at radius 3 is 1.81 bits per heavy atom. The fourth-order valence-electron chi connectivity index (χ4n) is 1.07. The molecule has 0 aliphatic heterocycles. The van der Waals surface area contributed by atoms with Crippen LogP contribution in [0.5, 0.6) is 5.75 Å². The zero-order valence-electron chi connectivity index (χ0n) is 9.54. The maximum absolute atomic E-state index is 8.63. The van der Waals surface area contributed by atoms with Gasteiger partial charge in [-0.05, 0) is 24.3 Å². The standard InChI is InChI=1S/C7H10N2.C6H6O/c1-9(2)7-3-5-8-6-4-7;7-6-4-2-1-3-5-6/h3-6H,1-2H3;1-5,7H. The molecule has 0 fully saturated rings. The van der Waals surface area contributed by atoms with E-state index in [-0.39, 0.29) is 0 Å². The van der Waals surface area contributed by atoms with E-state index in [4.69, 9.17) is 5.11 Å². The minimum absolute atomic E-state index is 0.322. The second-order valence-corrected chi connectivity index (χ2v) is 3.44. The quantitative estimate of drug-likeness (QED) is 0.795. The van der Waals surface area contributed by atoms with Gasteiger partial charge in [-0.3, -0.25) is 4.98 Å². The van der Waals surface area contributed by atoms with Gasteiger partial charge in [0.2, 0.25) is 0 Å². The minimum Gasteiger partial charge on any atom is -0.508 e. The molecule has 0 unspecified atom stereocenters. The van der Waals surface area contributed by atoms with Crippen molar-refractivity contribution < 1.29 is 5.11 Å². The van der Waals surface area contributed by atoms with Crippen molar-refractivity contribution in [2.24, 2.45) is 0 Å². The van der Waals surface area contributed by atoms with Crippen LogP contribution in [0.4, 0.5) is 5.69 Å². The minimum atomic E-state index is 0.322. The van der Waals surface area contributed by atoms with E-state index in [9.17, 15) is 0 Å². The first-order valence-electron chi connectivity index (χ1n) is 5.01. The Kier molecular flexibility index (Phi) is 4.86. The number of anilines is 1. The molecule has 3 heteroatoms. The lowest BCUT2D eigenvalue weighted by atomic mass is 10.3. The predicted molar refractivity (Wildman–Crippen MR) is 66.7 cm³/mol. The molecule has 0 aliphatic carbocycles. The van der Waals surface area contributed by atoms with E-state index < -0.39 is 0 Å². The lowest BCUT2D eigenvalue weighted by Gasteiger charge is -2.10. The lowest BCUT2D eigenvalue weighted by molar-refractivity contribution is 0.475. The van der Waals surface area contributed by atoms with Gasteiger partial charge in [0.15, 0.2) is 0 Å². The zero-order chi connectivity index (χ0) is 11.8. The highest BCUT2D eigenvalue weighted by atomic mass is 16.3. The number of phenolic OH excluding ortho intramolecular Hbond substituents is 1. The Labute approximate surface area is 96.0 Å². The number of hydrogen-bond acceptors (Lipinski definition) is 3. The summed E-state index contributed by atoms with van der Waals surface area (Å²) in [5.74, 6) is 0.322. The van der Waals surface area contributed by atoms with Gasteiger partial charge >= 0.3 is 0 Å². The second-order valence-electron chi connectivity index (χ2n) is 3.44. The molecule has 2 rings (SSSR count). The second kappa shape index (κ2) is 6.45. The molecule has 0 atom stereocenters.